The molecule has 0 radical (unpaired) electrons. The van der Waals surface area contributed by atoms with Crippen LogP contribution in [0.3, 0.4) is 0 Å². The number of carboxylic acids is 1. The number of rotatable bonds is 3. The van der Waals surface area contributed by atoms with E-state index in [-0.39, 0.29) is 29.0 Å². The Morgan fingerprint density at radius 2 is 1.74 bits per heavy atom. The number of fused-ring (bicyclic) bond motifs is 3. The van der Waals surface area contributed by atoms with Gasteiger partial charge in [0, 0.05) is 15.9 Å². The van der Waals surface area contributed by atoms with Crippen LogP contribution < -0.4 is 0 Å². The van der Waals surface area contributed by atoms with Crippen LogP contribution in [-0.4, -0.2) is 68.9 Å². The summed E-state index contributed by atoms with van der Waals surface area (Å²) in [5, 5.41) is 39.9. The minimum atomic E-state index is -2.78. The van der Waals surface area contributed by atoms with Crippen molar-refractivity contribution in [2.24, 2.45) is 33.5 Å². The predicted octanol–water partition coefficient (Wildman–Crippen LogP) is 1.79. The van der Waals surface area contributed by atoms with Gasteiger partial charge in [-0.15, -0.1) is 0 Å². The van der Waals surface area contributed by atoms with Crippen LogP contribution >= 0.6 is 0 Å². The van der Waals surface area contributed by atoms with Gasteiger partial charge in [-0.2, -0.15) is 0 Å². The van der Waals surface area contributed by atoms with Crippen molar-refractivity contribution < 1.29 is 48.4 Å². The first kappa shape index (κ1) is 21.5. The van der Waals surface area contributed by atoms with E-state index in [1.54, 1.807) is 0 Å². The highest BCUT2D eigenvalue weighted by atomic mass is 16.7. The minimum absolute atomic E-state index is 0.0231. The minimum Gasteiger partial charge on any atom is -0.479 e. The van der Waals surface area contributed by atoms with Gasteiger partial charge in [-0.05, 0) is 74.5 Å². The first-order valence-electron chi connectivity index (χ1n) is 14.2. The number of Topliss-reactive ketones (excluding diaryl/α,β-unsaturated/α-hetero) is 1. The zero-order chi connectivity index (χ0) is 28.1. The number of aliphatic carboxylic acids is 1. The van der Waals surface area contributed by atoms with Gasteiger partial charge in [-0.1, -0.05) is 20.3 Å². The van der Waals surface area contributed by atoms with Gasteiger partial charge in [0.1, 0.15) is 24.1 Å². The lowest BCUT2D eigenvalue weighted by Gasteiger charge is -2.64. The third-order valence-corrected chi connectivity index (χ3v) is 10.5. The Labute approximate surface area is 209 Å². The van der Waals surface area contributed by atoms with Crippen LogP contribution in [0.4, 0.5) is 0 Å². The summed E-state index contributed by atoms with van der Waals surface area (Å²) in [5.41, 5.74) is -3.02. The highest BCUT2D eigenvalue weighted by molar-refractivity contribution is 5.88. The molecule has 0 aromatic rings. The fourth-order valence-electron chi connectivity index (χ4n) is 8.78. The largest absolute Gasteiger partial charge is 0.479 e. The van der Waals surface area contributed by atoms with Crippen LogP contribution in [0.25, 0.3) is 0 Å². The molecule has 9 nitrogen and oxygen atoms in total. The predicted molar refractivity (Wildman–Crippen MR) is 121 cm³/mol. The van der Waals surface area contributed by atoms with E-state index in [4.69, 9.17) is 13.6 Å². The van der Waals surface area contributed by atoms with Crippen molar-refractivity contribution in [2.75, 3.05) is 0 Å². The van der Waals surface area contributed by atoms with Crippen molar-refractivity contribution in [3.63, 3.8) is 0 Å². The number of carbonyl (C=O) groups is 3. The van der Waals surface area contributed by atoms with Crippen LogP contribution in [0.1, 0.15) is 82.6 Å². The first-order chi connectivity index (χ1) is 17.5. The van der Waals surface area contributed by atoms with Gasteiger partial charge in [-0.25, -0.2) is 4.79 Å². The van der Waals surface area contributed by atoms with Crippen molar-refractivity contribution in [1.29, 1.82) is 0 Å². The van der Waals surface area contributed by atoms with Gasteiger partial charge >= 0.3 is 11.9 Å². The normalized spacial score (nSPS) is 55.1. The van der Waals surface area contributed by atoms with E-state index >= 15 is 0 Å². The van der Waals surface area contributed by atoms with Crippen molar-refractivity contribution >= 4 is 17.7 Å². The highest BCUT2D eigenvalue weighted by Gasteiger charge is 2.68. The van der Waals surface area contributed by atoms with Gasteiger partial charge in [0.25, 0.3) is 0 Å². The Kier molecular flexibility index (Phi) is 4.90. The topological polar surface area (TPSA) is 151 Å². The molecular formula is C26H38O9. The van der Waals surface area contributed by atoms with Crippen LogP contribution in [0.15, 0.2) is 0 Å². The van der Waals surface area contributed by atoms with Gasteiger partial charge in [0.15, 0.2) is 6.10 Å². The molecule has 4 saturated carbocycles. The van der Waals surface area contributed by atoms with E-state index in [1.807, 2.05) is 13.8 Å². The number of ether oxygens (including phenoxy) is 2. The average Bonchev–Trinajstić information content (AvgIpc) is 3.00. The van der Waals surface area contributed by atoms with E-state index in [0.717, 1.165) is 19.3 Å². The smallest absolute Gasteiger partial charge is 0.335 e. The van der Waals surface area contributed by atoms with Crippen LogP contribution in [0.5, 0.6) is 0 Å². The summed E-state index contributed by atoms with van der Waals surface area (Å²) < 4.78 is 36.2. The summed E-state index contributed by atoms with van der Waals surface area (Å²) in [6.07, 6.45) is -4.79. The molecular weight excluding hydrogens is 456 g/mol. The molecule has 5 rings (SSSR count). The lowest BCUT2D eigenvalue weighted by molar-refractivity contribution is -0.292. The van der Waals surface area contributed by atoms with Gasteiger partial charge < -0.3 is 29.9 Å². The molecule has 2 bridgehead atoms. The van der Waals surface area contributed by atoms with E-state index in [2.05, 4.69) is 0 Å². The zero-order valence-corrected chi connectivity index (χ0v) is 20.2. The van der Waals surface area contributed by atoms with Crippen LogP contribution in [0.2, 0.25) is 0 Å². The second-order valence-corrected chi connectivity index (χ2v) is 12.4. The molecule has 35 heavy (non-hydrogen) atoms. The fourth-order valence-corrected chi connectivity index (χ4v) is 8.78. The molecule has 1 aliphatic heterocycles. The average molecular weight is 498 g/mol. The lowest BCUT2D eigenvalue weighted by Crippen LogP contribution is -2.62. The molecule has 5 unspecified atom stereocenters. The van der Waals surface area contributed by atoms with Crippen molar-refractivity contribution in [3.8, 4) is 0 Å². The second kappa shape index (κ2) is 7.97. The third-order valence-electron chi connectivity index (χ3n) is 10.5. The van der Waals surface area contributed by atoms with Gasteiger partial charge in [0.05, 0.1) is 5.41 Å². The van der Waals surface area contributed by atoms with E-state index in [1.165, 1.54) is 0 Å². The maximum atomic E-state index is 13.9. The highest BCUT2D eigenvalue weighted by Crippen LogP contribution is 2.73. The molecule has 0 aromatic heterocycles. The number of hydrogen-bond donors (Lipinski definition) is 4. The summed E-state index contributed by atoms with van der Waals surface area (Å²) >= 11 is 0. The maximum Gasteiger partial charge on any atom is 0.335 e. The number of ketones is 1. The molecule has 1 saturated heterocycles. The Bertz CT molecular complexity index is 1030. The van der Waals surface area contributed by atoms with Crippen molar-refractivity contribution in [1.82, 2.24) is 0 Å². The first-order valence-corrected chi connectivity index (χ1v) is 12.7. The molecule has 9 heteroatoms. The summed E-state index contributed by atoms with van der Waals surface area (Å²) in [5.74, 6) is -2.99. The fraction of sp³-hybridized carbons (Fsp3) is 0.885. The molecule has 1 heterocycles. The number of carbonyl (C=O) groups excluding carboxylic acids is 2. The monoisotopic (exact) mass is 497 g/mol. The molecule has 196 valence electrons. The van der Waals surface area contributed by atoms with Gasteiger partial charge in [-0.3, -0.25) is 9.59 Å². The molecule has 0 aromatic carbocycles. The number of carboxylic acid groups (broad SMARTS) is 1. The van der Waals surface area contributed by atoms with E-state index in [9.17, 15) is 34.8 Å². The van der Waals surface area contributed by atoms with Gasteiger partial charge in [0.2, 0.25) is 6.29 Å². The summed E-state index contributed by atoms with van der Waals surface area (Å²) in [6.45, 7) is 1.30. The molecule has 5 aliphatic rings. The SMILES string of the molecule is [2H]C([2H])([2H])[C@]1(C(=O)OC2OC(C(=O)O)C(O)C(O)C2O)CCC[C@@]2(C)[C@H]1CC[C@]13CC(=O)[C@](C)(CC[C@@H]12)C3. The standard InChI is InChI=1S/C26H38O9/c1-23-9-5-14-24(2)7-4-8-25(3,13(24)6-10-26(14,12-23)11-15(23)27)22(33)35-21-18(30)16(28)17(29)19(34-21)20(31)32/h13-14,16-19,21,28-30H,4-12H2,1-3H3,(H,31,32)/t13-,14-,16?,17?,18?,19?,21?,23-,24+,25+,26-/m1/s1/i3D3. The number of esters is 1. The summed E-state index contributed by atoms with van der Waals surface area (Å²) in [4.78, 5) is 38.4. The third kappa shape index (κ3) is 3.45. The molecule has 0 amide bonds. The van der Waals surface area contributed by atoms with Crippen molar-refractivity contribution in [2.45, 2.75) is 109 Å². The number of aliphatic hydroxyl groups excluding tert-OH is 3. The number of hydrogen-bond acceptors (Lipinski definition) is 8. The maximum absolute atomic E-state index is 13.9. The Morgan fingerprint density at radius 1 is 1.03 bits per heavy atom. The Balaban J connectivity index is 1.49. The lowest BCUT2D eigenvalue weighted by atomic mass is 9.40. The Hall–Kier alpha value is -1.55. The van der Waals surface area contributed by atoms with E-state index in [0.29, 0.717) is 32.1 Å². The summed E-state index contributed by atoms with van der Waals surface area (Å²) in [6, 6.07) is 0. The molecule has 4 N–H and O–H groups in total. The molecule has 5 fully saturated rings. The second-order valence-electron chi connectivity index (χ2n) is 12.4. The van der Waals surface area contributed by atoms with E-state index < -0.39 is 66.2 Å². The van der Waals surface area contributed by atoms with Crippen LogP contribution in [-0.2, 0) is 23.9 Å². The van der Waals surface area contributed by atoms with Crippen molar-refractivity contribution in [3.05, 3.63) is 0 Å². The molecule has 11 atom stereocenters. The quantitative estimate of drug-likeness (QED) is 0.428. The summed E-state index contributed by atoms with van der Waals surface area (Å²) in [7, 11) is 0. The Morgan fingerprint density at radius 3 is 2.43 bits per heavy atom. The molecule has 1 spiro atoms. The zero-order valence-electron chi connectivity index (χ0n) is 23.2. The number of aliphatic hydroxyl groups is 3. The molecule has 4 aliphatic carbocycles. The van der Waals surface area contributed by atoms with Crippen LogP contribution in [0, 0.1) is 33.5 Å².